The van der Waals surface area contributed by atoms with Crippen LogP contribution in [0.15, 0.2) is 0 Å². The predicted octanol–water partition coefficient (Wildman–Crippen LogP) is 5.82. The first-order valence-corrected chi connectivity index (χ1v) is 20.9. The average Bonchev–Trinajstić information content (AvgIpc) is 3.10. The Kier molecular flexibility index (Phi) is 8.42. The molecule has 13 rings (SSSR count). The van der Waals surface area contributed by atoms with Crippen LogP contribution in [0.5, 0.6) is 0 Å². The number of alkyl halides is 2. The Hall–Kier alpha value is -1.58. The van der Waals surface area contributed by atoms with Gasteiger partial charge in [-0.05, 0) is 151 Å². The summed E-state index contributed by atoms with van der Waals surface area (Å²) in [6, 6.07) is 0. The molecule has 2 atom stereocenters. The molecule has 0 aromatic carbocycles. The van der Waals surface area contributed by atoms with Crippen molar-refractivity contribution in [3.63, 3.8) is 0 Å². The maximum Gasteiger partial charge on any atom is 0.415 e. The number of hydrogen-bond acceptors (Lipinski definition) is 12. The molecule has 1 saturated heterocycles. The van der Waals surface area contributed by atoms with E-state index in [1.165, 1.54) is 38.5 Å². The molecule has 0 N–H and O–H groups in total. The molecule has 1 aliphatic heterocycles. The van der Waals surface area contributed by atoms with Gasteiger partial charge in [-0.3, -0.25) is 14.6 Å². The van der Waals surface area contributed by atoms with Crippen molar-refractivity contribution < 1.29 is 61.5 Å². The summed E-state index contributed by atoms with van der Waals surface area (Å²) < 4.78 is 64.4. The third-order valence-corrected chi connectivity index (χ3v) is 16.7. The van der Waals surface area contributed by atoms with Crippen LogP contribution in [0.25, 0.3) is 0 Å². The van der Waals surface area contributed by atoms with E-state index in [4.69, 9.17) is 23.7 Å². The van der Waals surface area contributed by atoms with Gasteiger partial charge in [0, 0.05) is 11.8 Å². The van der Waals surface area contributed by atoms with E-state index in [2.05, 4.69) is 9.37 Å². The standard InChI is InChI=1S/C39H52F2O11S/c40-39(41,53-52-51-45)33(44)50-37-15-28-7-29(16-37)38(30(8-28)17-37)48-20-34(21-49-38,18-46-31(42)35-9-22-1-23(10-35)3-24(2-22)11-35)19-47-32(43)36-12-25-4-26(13-36)6-27(5-25)14-36/h22-30,45H,1-21H2/p-1. The molecule has 0 aromatic rings. The Labute approximate surface area is 312 Å². The number of ether oxygens (including phenoxy) is 5. The zero-order chi connectivity index (χ0) is 36.4. The second kappa shape index (κ2) is 12.5. The van der Waals surface area contributed by atoms with Gasteiger partial charge in [0.15, 0.2) is 5.79 Å². The molecule has 1 heterocycles. The highest BCUT2D eigenvalue weighted by Crippen LogP contribution is 2.65. The maximum atomic E-state index is 14.4. The van der Waals surface area contributed by atoms with Crippen molar-refractivity contribution in [1.82, 2.24) is 0 Å². The molecule has 12 saturated carbocycles. The first-order valence-electron chi connectivity index (χ1n) is 20.2. The van der Waals surface area contributed by atoms with Gasteiger partial charge >= 0.3 is 23.2 Å². The van der Waals surface area contributed by atoms with Gasteiger partial charge in [-0.1, -0.05) is 0 Å². The van der Waals surface area contributed by atoms with Crippen LogP contribution in [0.1, 0.15) is 109 Å². The van der Waals surface area contributed by atoms with Crippen LogP contribution in [-0.2, 0) is 47.4 Å². The Morgan fingerprint density at radius 1 is 0.642 bits per heavy atom. The van der Waals surface area contributed by atoms with Crippen LogP contribution in [0.4, 0.5) is 8.78 Å². The second-order valence-corrected chi connectivity index (χ2v) is 20.8. The van der Waals surface area contributed by atoms with Crippen LogP contribution in [0, 0.1) is 69.5 Å². The summed E-state index contributed by atoms with van der Waals surface area (Å²) in [5.41, 5.74) is -2.87. The number of carbonyl (C=O) groups excluding carboxylic acids is 3. The van der Waals surface area contributed by atoms with E-state index in [1.54, 1.807) is 0 Å². The molecule has 14 heteroatoms. The average molecular weight is 766 g/mol. The minimum absolute atomic E-state index is 0.0270. The number of hydrogen-bond donors (Lipinski definition) is 0. The monoisotopic (exact) mass is 765 g/mol. The smallest absolute Gasteiger partial charge is 0.415 e. The van der Waals surface area contributed by atoms with Crippen LogP contribution in [0.3, 0.4) is 0 Å². The molecule has 294 valence electrons. The van der Waals surface area contributed by atoms with E-state index < -0.39 is 50.9 Å². The second-order valence-electron chi connectivity index (χ2n) is 20.0. The molecular weight excluding hydrogens is 714 g/mol. The normalized spacial score (nSPS) is 49.8. The summed E-state index contributed by atoms with van der Waals surface area (Å²) in [6.45, 7) is 0.362. The Bertz CT molecular complexity index is 1360. The first kappa shape index (κ1) is 35.8. The van der Waals surface area contributed by atoms with Gasteiger partial charge < -0.3 is 28.9 Å². The molecule has 1 spiro atoms. The third kappa shape index (κ3) is 5.91. The quantitative estimate of drug-likeness (QED) is 0.0824. The summed E-state index contributed by atoms with van der Waals surface area (Å²) in [6.07, 6.45) is 15.2. The highest BCUT2D eigenvalue weighted by Gasteiger charge is 2.68. The van der Waals surface area contributed by atoms with E-state index in [0.717, 1.165) is 51.4 Å². The van der Waals surface area contributed by atoms with Gasteiger partial charge in [-0.15, -0.1) is 0 Å². The minimum atomic E-state index is -4.12. The van der Waals surface area contributed by atoms with Crippen molar-refractivity contribution in [2.24, 2.45) is 69.5 Å². The molecule has 0 radical (unpaired) electrons. The fraction of sp³-hybridized carbons (Fsp3) is 0.923. The van der Waals surface area contributed by atoms with Crippen molar-refractivity contribution in [1.29, 1.82) is 0 Å². The van der Waals surface area contributed by atoms with Gasteiger partial charge in [-0.2, -0.15) is 13.1 Å². The first-order chi connectivity index (χ1) is 25.3. The lowest BCUT2D eigenvalue weighted by molar-refractivity contribution is -0.777. The van der Waals surface area contributed by atoms with Gasteiger partial charge in [0.25, 0.3) is 0 Å². The minimum Gasteiger partial charge on any atom is -0.691 e. The van der Waals surface area contributed by atoms with Gasteiger partial charge in [-0.25, -0.2) is 4.79 Å². The Balaban J connectivity index is 0.854. The highest BCUT2D eigenvalue weighted by molar-refractivity contribution is 7.96. The highest BCUT2D eigenvalue weighted by atomic mass is 32.2. The molecule has 2 unspecified atom stereocenters. The molecule has 0 aromatic heterocycles. The lowest BCUT2D eigenvalue weighted by atomic mass is 9.49. The molecule has 0 amide bonds. The van der Waals surface area contributed by atoms with Gasteiger partial charge in [0.1, 0.15) is 30.9 Å². The molecule has 12 bridgehead atoms. The van der Waals surface area contributed by atoms with Crippen molar-refractivity contribution in [2.45, 2.75) is 126 Å². The summed E-state index contributed by atoms with van der Waals surface area (Å²) >= 11 is -0.683. The number of halogens is 2. The number of rotatable bonds is 11. The fourth-order valence-electron chi connectivity index (χ4n) is 15.1. The topological polar surface area (TPSA) is 139 Å². The molecule has 13 fully saturated rings. The van der Waals surface area contributed by atoms with E-state index >= 15 is 0 Å². The van der Waals surface area contributed by atoms with E-state index in [0.29, 0.717) is 54.8 Å². The van der Waals surface area contributed by atoms with E-state index in [-0.39, 0.29) is 56.1 Å². The lowest BCUT2D eigenvalue weighted by Gasteiger charge is -2.65. The van der Waals surface area contributed by atoms with Crippen molar-refractivity contribution >= 4 is 30.0 Å². The zero-order valence-electron chi connectivity index (χ0n) is 30.2. The van der Waals surface area contributed by atoms with Crippen LogP contribution < -0.4 is 5.26 Å². The largest absolute Gasteiger partial charge is 0.691 e. The maximum absolute atomic E-state index is 14.4. The number of carbonyl (C=O) groups is 3. The number of esters is 3. The molecule has 53 heavy (non-hydrogen) atoms. The van der Waals surface area contributed by atoms with E-state index in [9.17, 15) is 28.4 Å². The molecule has 12 aliphatic carbocycles. The lowest BCUT2D eigenvalue weighted by Crippen LogP contribution is -2.69. The summed E-state index contributed by atoms with van der Waals surface area (Å²) in [4.78, 5) is 40.7. The van der Waals surface area contributed by atoms with Crippen molar-refractivity contribution in [3.8, 4) is 0 Å². The Morgan fingerprint density at radius 3 is 1.47 bits per heavy atom. The van der Waals surface area contributed by atoms with E-state index in [1.807, 2.05) is 0 Å². The van der Waals surface area contributed by atoms with Crippen molar-refractivity contribution in [2.75, 3.05) is 26.4 Å². The van der Waals surface area contributed by atoms with Crippen LogP contribution >= 0.6 is 12.0 Å². The third-order valence-electron chi connectivity index (χ3n) is 16.2. The summed E-state index contributed by atoms with van der Waals surface area (Å²) in [5, 5.41) is 9.02. The Morgan fingerprint density at radius 2 is 1.06 bits per heavy atom. The molecular formula is C39H51F2O11S-. The van der Waals surface area contributed by atoms with Crippen molar-refractivity contribution in [3.05, 3.63) is 0 Å². The fourth-order valence-corrected chi connectivity index (χ4v) is 15.3. The zero-order valence-corrected chi connectivity index (χ0v) is 31.0. The molecule has 11 nitrogen and oxygen atoms in total. The summed E-state index contributed by atoms with van der Waals surface area (Å²) in [7, 11) is 0. The molecule has 13 aliphatic rings. The van der Waals surface area contributed by atoms with Crippen LogP contribution in [0.2, 0.25) is 0 Å². The van der Waals surface area contributed by atoms with Gasteiger partial charge in [0.2, 0.25) is 0 Å². The van der Waals surface area contributed by atoms with Gasteiger partial charge in [0.05, 0.1) is 29.5 Å². The predicted molar refractivity (Wildman–Crippen MR) is 177 cm³/mol. The summed E-state index contributed by atoms with van der Waals surface area (Å²) in [5.74, 6) is 0.211. The SMILES string of the molecule is O=C(OCC1(COC(=O)C23CC4CC(CC(C4)C2)C3)COC2(OC1)C1CC3CC2CC(OC(=O)C(F)(F)SOO[O-])(C3)C1)C12CC3CC(CC(C3)C1)C2. The van der Waals surface area contributed by atoms with Crippen LogP contribution in [-0.4, -0.2) is 61.0 Å².